The Bertz CT molecular complexity index is 541. The molecule has 0 bridgehead atoms. The van der Waals surface area contributed by atoms with E-state index >= 15 is 0 Å². The van der Waals surface area contributed by atoms with Crippen LogP contribution in [-0.4, -0.2) is 19.1 Å². The van der Waals surface area contributed by atoms with Gasteiger partial charge in [0.05, 0.1) is 5.54 Å². The number of carbonyl (C=O) groups is 1. The summed E-state index contributed by atoms with van der Waals surface area (Å²) < 4.78 is 0. The van der Waals surface area contributed by atoms with E-state index in [1.54, 1.807) is 0 Å². The van der Waals surface area contributed by atoms with Crippen molar-refractivity contribution < 1.29 is 9.90 Å². The molecule has 0 radical (unpaired) electrons. The van der Waals surface area contributed by atoms with E-state index in [4.69, 9.17) is 0 Å². The second kappa shape index (κ2) is 6.72. The van der Waals surface area contributed by atoms with E-state index in [0.717, 1.165) is 12.8 Å². The van der Waals surface area contributed by atoms with E-state index in [-0.39, 0.29) is 5.54 Å². The minimum atomic E-state index is -2.31. The number of benzene rings is 2. The molecule has 0 aliphatic carbocycles. The van der Waals surface area contributed by atoms with Crippen molar-refractivity contribution in [3.63, 3.8) is 0 Å². The number of aliphatic carboxylic acids is 1. The van der Waals surface area contributed by atoms with E-state index in [9.17, 15) is 9.90 Å². The molecule has 3 heteroatoms. The molecule has 0 aromatic heterocycles. The molecular weight excluding hydrogens is 276 g/mol. The minimum Gasteiger partial charge on any atom is -0.481 e. The Morgan fingerprint density at radius 2 is 1.43 bits per heavy atom. The fourth-order valence-electron chi connectivity index (χ4n) is 3.09. The quantitative estimate of drug-likeness (QED) is 0.832. The number of carboxylic acids is 1. The maximum absolute atomic E-state index is 11.9. The minimum absolute atomic E-state index is 0.299. The Labute approximate surface area is 127 Å². The van der Waals surface area contributed by atoms with Gasteiger partial charge in [-0.1, -0.05) is 90.9 Å². The topological polar surface area (TPSA) is 37.3 Å². The van der Waals surface area contributed by atoms with Gasteiger partial charge in [0.15, 0.2) is 0 Å². The van der Waals surface area contributed by atoms with Crippen molar-refractivity contribution in [2.24, 2.45) is 0 Å². The molecule has 2 rings (SSSR count). The molecule has 110 valence electrons. The monoisotopic (exact) mass is 298 g/mol. The van der Waals surface area contributed by atoms with Gasteiger partial charge in [-0.2, -0.15) is 0 Å². The number of hydrogen-bond donors (Lipinski definition) is 1. The zero-order valence-electron chi connectivity index (χ0n) is 12.6. The first kappa shape index (κ1) is 15.5. The van der Waals surface area contributed by atoms with Crippen LogP contribution in [0.25, 0.3) is 0 Å². The molecule has 0 fully saturated rings. The third kappa shape index (κ3) is 3.08. The van der Waals surface area contributed by atoms with E-state index in [1.165, 1.54) is 10.4 Å². The second-order valence-corrected chi connectivity index (χ2v) is 9.87. The van der Waals surface area contributed by atoms with Crippen molar-refractivity contribution in [2.45, 2.75) is 31.9 Å². The van der Waals surface area contributed by atoms with Crippen LogP contribution in [0.1, 0.15) is 19.8 Å². The molecule has 2 aromatic rings. The average Bonchev–Trinajstić information content (AvgIpc) is 2.53. The van der Waals surface area contributed by atoms with Crippen LogP contribution in [0.4, 0.5) is 0 Å². The van der Waals surface area contributed by atoms with Crippen molar-refractivity contribution in [2.75, 3.05) is 0 Å². The Morgan fingerprint density at radius 3 is 1.76 bits per heavy atom. The van der Waals surface area contributed by atoms with Crippen LogP contribution in [0.5, 0.6) is 0 Å². The fourth-order valence-corrected chi connectivity index (χ4v) is 7.35. The normalized spacial score (nSPS) is 12.9. The van der Waals surface area contributed by atoms with Crippen molar-refractivity contribution in [3.05, 3.63) is 60.7 Å². The van der Waals surface area contributed by atoms with Crippen molar-refractivity contribution >= 4 is 24.4 Å². The van der Waals surface area contributed by atoms with Gasteiger partial charge in [0.2, 0.25) is 0 Å². The van der Waals surface area contributed by atoms with Gasteiger partial charge in [-0.15, -0.1) is 0 Å². The highest BCUT2D eigenvalue weighted by Crippen LogP contribution is 2.27. The summed E-state index contributed by atoms with van der Waals surface area (Å²) in [7, 11) is -2.31. The maximum Gasteiger partial charge on any atom is 0.304 e. The molecular formula is C18H22O2Si. The predicted molar refractivity (Wildman–Crippen MR) is 90.1 cm³/mol. The SMILES string of the molecule is CCCC(C(=O)O)[Si](C)(c1ccccc1)c1ccccc1. The highest BCUT2D eigenvalue weighted by atomic mass is 28.3. The van der Waals surface area contributed by atoms with E-state index in [1.807, 2.05) is 36.4 Å². The molecule has 2 nitrogen and oxygen atoms in total. The molecule has 0 aliphatic rings. The largest absolute Gasteiger partial charge is 0.481 e. The number of rotatable bonds is 6. The van der Waals surface area contributed by atoms with Crippen molar-refractivity contribution in [1.82, 2.24) is 0 Å². The first-order valence-corrected chi connectivity index (χ1v) is 10.0. The third-order valence-corrected chi connectivity index (χ3v) is 9.31. The van der Waals surface area contributed by atoms with Crippen LogP contribution < -0.4 is 10.4 Å². The van der Waals surface area contributed by atoms with Gasteiger partial charge in [-0.25, -0.2) is 0 Å². The Balaban J connectivity index is 2.61. The molecule has 0 spiro atoms. The van der Waals surface area contributed by atoms with Gasteiger partial charge >= 0.3 is 5.97 Å². The van der Waals surface area contributed by atoms with E-state index in [0.29, 0.717) is 0 Å². The lowest BCUT2D eigenvalue weighted by Crippen LogP contribution is -2.60. The lowest BCUT2D eigenvalue weighted by molar-refractivity contribution is -0.137. The molecule has 0 saturated carbocycles. The molecule has 1 atom stereocenters. The molecule has 0 heterocycles. The van der Waals surface area contributed by atoms with Crippen LogP contribution in [0.2, 0.25) is 12.1 Å². The van der Waals surface area contributed by atoms with E-state index < -0.39 is 14.0 Å². The van der Waals surface area contributed by atoms with Crippen LogP contribution >= 0.6 is 0 Å². The van der Waals surface area contributed by atoms with Gasteiger partial charge in [-0.05, 0) is 6.42 Å². The zero-order valence-corrected chi connectivity index (χ0v) is 13.6. The first-order valence-electron chi connectivity index (χ1n) is 7.44. The van der Waals surface area contributed by atoms with Gasteiger partial charge in [0.1, 0.15) is 8.07 Å². The van der Waals surface area contributed by atoms with Crippen LogP contribution in [0.3, 0.4) is 0 Å². The maximum atomic E-state index is 11.9. The zero-order chi connectivity index (χ0) is 15.3. The number of hydrogen-bond acceptors (Lipinski definition) is 1. The predicted octanol–water partition coefficient (Wildman–Crippen LogP) is 3.13. The summed E-state index contributed by atoms with van der Waals surface area (Å²) in [5, 5.41) is 12.2. The standard InChI is InChI=1S/C18H22O2Si/c1-3-10-17(18(19)20)21(2,15-11-6-4-7-12-15)16-13-8-5-9-14-16/h4-9,11-14,17H,3,10H2,1-2H3,(H,19,20). The van der Waals surface area contributed by atoms with Crippen LogP contribution in [-0.2, 0) is 4.79 Å². The Hall–Kier alpha value is -1.87. The molecule has 0 aliphatic heterocycles. The highest BCUT2D eigenvalue weighted by Gasteiger charge is 2.43. The molecule has 2 aromatic carbocycles. The Kier molecular flexibility index (Phi) is 4.97. The summed E-state index contributed by atoms with van der Waals surface area (Å²) in [6.07, 6.45) is 1.61. The summed E-state index contributed by atoms with van der Waals surface area (Å²) in [5.41, 5.74) is -0.299. The molecule has 21 heavy (non-hydrogen) atoms. The molecule has 1 N–H and O–H groups in total. The number of carboxylic acid groups (broad SMARTS) is 1. The summed E-state index contributed by atoms with van der Waals surface area (Å²) >= 11 is 0. The first-order chi connectivity index (χ1) is 10.1. The van der Waals surface area contributed by atoms with Crippen LogP contribution in [0, 0.1) is 0 Å². The lowest BCUT2D eigenvalue weighted by atomic mass is 10.2. The second-order valence-electron chi connectivity index (χ2n) is 5.61. The fraction of sp³-hybridized carbons (Fsp3) is 0.278. The third-order valence-electron chi connectivity index (χ3n) is 4.32. The average molecular weight is 298 g/mol. The van der Waals surface area contributed by atoms with Gasteiger partial charge in [-0.3, -0.25) is 4.79 Å². The summed E-state index contributed by atoms with van der Waals surface area (Å²) in [6.45, 7) is 4.24. The van der Waals surface area contributed by atoms with E-state index in [2.05, 4.69) is 37.7 Å². The van der Waals surface area contributed by atoms with Crippen molar-refractivity contribution in [3.8, 4) is 0 Å². The highest BCUT2D eigenvalue weighted by molar-refractivity contribution is 7.04. The van der Waals surface area contributed by atoms with Crippen molar-refractivity contribution in [1.29, 1.82) is 0 Å². The summed E-state index contributed by atoms with van der Waals surface area (Å²) in [6, 6.07) is 20.4. The summed E-state index contributed by atoms with van der Waals surface area (Å²) in [4.78, 5) is 11.9. The van der Waals surface area contributed by atoms with Crippen LogP contribution in [0.15, 0.2) is 60.7 Å². The smallest absolute Gasteiger partial charge is 0.304 e. The Morgan fingerprint density at radius 1 is 1.00 bits per heavy atom. The molecule has 1 unspecified atom stereocenters. The molecule has 0 saturated heterocycles. The van der Waals surface area contributed by atoms with Gasteiger partial charge in [0.25, 0.3) is 0 Å². The lowest BCUT2D eigenvalue weighted by Gasteiger charge is -2.34. The van der Waals surface area contributed by atoms with Gasteiger partial charge in [0, 0.05) is 0 Å². The van der Waals surface area contributed by atoms with Gasteiger partial charge < -0.3 is 5.11 Å². The summed E-state index contributed by atoms with van der Waals surface area (Å²) in [5.74, 6) is -0.668. The molecule has 0 amide bonds.